The molecule has 154 valence electrons. The van der Waals surface area contributed by atoms with Crippen LogP contribution in [-0.2, 0) is 15.6 Å². The molecule has 2 aromatic rings. The number of anilines is 1. The number of amides is 1. The number of carbonyl (C=O) groups is 1. The fourth-order valence-electron chi connectivity index (χ4n) is 4.04. The summed E-state index contributed by atoms with van der Waals surface area (Å²) < 4.78 is 0. The molecule has 0 radical (unpaired) electrons. The molecule has 1 aliphatic carbocycles. The van der Waals surface area contributed by atoms with Gasteiger partial charge in [0.15, 0.2) is 5.82 Å². The van der Waals surface area contributed by atoms with Gasteiger partial charge in [0.1, 0.15) is 0 Å². The lowest BCUT2D eigenvalue weighted by atomic mass is 9.85. The molecule has 0 unspecified atom stereocenters. The van der Waals surface area contributed by atoms with Gasteiger partial charge in [-0.25, -0.2) is 0 Å². The van der Waals surface area contributed by atoms with Gasteiger partial charge in [-0.15, -0.1) is 5.10 Å². The Bertz CT molecular complexity index is 883. The molecule has 2 atom stereocenters. The van der Waals surface area contributed by atoms with Crippen molar-refractivity contribution in [3.8, 4) is 0 Å². The van der Waals surface area contributed by atoms with Crippen LogP contribution in [0.1, 0.15) is 50.4 Å². The van der Waals surface area contributed by atoms with Gasteiger partial charge in [0, 0.05) is 13.1 Å². The molecule has 2 N–H and O–H groups in total. The molecular weight excluding hydrogens is 364 g/mol. The van der Waals surface area contributed by atoms with Crippen LogP contribution in [0, 0.1) is 6.92 Å². The predicted molar refractivity (Wildman–Crippen MR) is 113 cm³/mol. The smallest absolute Gasteiger partial charge is 0.231 e. The van der Waals surface area contributed by atoms with Crippen molar-refractivity contribution >= 4 is 11.7 Å². The summed E-state index contributed by atoms with van der Waals surface area (Å²) in [4.78, 5) is 15.1. The molecule has 29 heavy (non-hydrogen) atoms. The number of nitrogens with zero attached hydrogens (tertiary/aromatic N) is 3. The molecule has 1 saturated heterocycles. The van der Waals surface area contributed by atoms with Crippen LogP contribution >= 0.6 is 0 Å². The lowest BCUT2D eigenvalue weighted by Crippen LogP contribution is -2.47. The van der Waals surface area contributed by atoms with Gasteiger partial charge in [0.2, 0.25) is 5.91 Å². The van der Waals surface area contributed by atoms with Gasteiger partial charge in [-0.05, 0) is 48.4 Å². The van der Waals surface area contributed by atoms with Crippen LogP contribution in [0.25, 0.3) is 0 Å². The number of aryl methyl sites for hydroxylation is 1. The summed E-state index contributed by atoms with van der Waals surface area (Å²) in [6, 6.07) is 11.9. The zero-order valence-corrected chi connectivity index (χ0v) is 17.6. The molecule has 1 saturated carbocycles. The summed E-state index contributed by atoms with van der Waals surface area (Å²) >= 11 is 0. The largest absolute Gasteiger partial charge is 0.389 e. The molecule has 6 heteroatoms. The van der Waals surface area contributed by atoms with Crippen molar-refractivity contribution in [1.82, 2.24) is 15.5 Å². The highest BCUT2D eigenvalue weighted by Gasteiger charge is 2.52. The normalized spacial score (nSPS) is 23.1. The second-order valence-corrected chi connectivity index (χ2v) is 9.49. The number of β-amino-alcohol motifs (C(OH)–C–C–N with tert-alkyl or cyclic N) is 1. The van der Waals surface area contributed by atoms with E-state index in [0.717, 1.165) is 29.9 Å². The average Bonchev–Trinajstić information content (AvgIpc) is 3.42. The second-order valence-electron chi connectivity index (χ2n) is 9.49. The van der Waals surface area contributed by atoms with E-state index in [0.29, 0.717) is 13.1 Å². The number of aliphatic hydroxyl groups is 1. The van der Waals surface area contributed by atoms with Crippen molar-refractivity contribution < 1.29 is 9.90 Å². The molecule has 1 amide bonds. The third-order valence-corrected chi connectivity index (χ3v) is 6.20. The highest BCUT2D eigenvalue weighted by Crippen LogP contribution is 2.48. The zero-order chi connectivity index (χ0) is 20.8. The van der Waals surface area contributed by atoms with Crippen LogP contribution in [0.4, 0.5) is 5.82 Å². The van der Waals surface area contributed by atoms with E-state index in [1.807, 2.05) is 24.0 Å². The van der Waals surface area contributed by atoms with Gasteiger partial charge < -0.3 is 15.3 Å². The predicted octanol–water partition coefficient (Wildman–Crippen LogP) is 2.48. The van der Waals surface area contributed by atoms with E-state index >= 15 is 0 Å². The summed E-state index contributed by atoms with van der Waals surface area (Å²) in [6.45, 7) is 9.43. The summed E-state index contributed by atoms with van der Waals surface area (Å²) in [5, 5.41) is 21.9. The quantitative estimate of drug-likeness (QED) is 0.833. The topological polar surface area (TPSA) is 78.4 Å². The maximum Gasteiger partial charge on any atom is 0.231 e. The number of hydrogen-bond acceptors (Lipinski definition) is 5. The maximum absolute atomic E-state index is 13.1. The number of aromatic nitrogens is 2. The van der Waals surface area contributed by atoms with Crippen molar-refractivity contribution in [1.29, 1.82) is 0 Å². The van der Waals surface area contributed by atoms with E-state index in [4.69, 9.17) is 0 Å². The molecule has 1 aromatic carbocycles. The third-order valence-electron chi connectivity index (χ3n) is 6.20. The van der Waals surface area contributed by atoms with E-state index in [1.54, 1.807) is 0 Å². The van der Waals surface area contributed by atoms with Gasteiger partial charge in [-0.1, -0.05) is 45.0 Å². The number of rotatable bonds is 4. The van der Waals surface area contributed by atoms with Crippen molar-refractivity contribution in [2.45, 2.75) is 63.5 Å². The molecule has 0 spiro atoms. The number of benzene rings is 1. The first-order chi connectivity index (χ1) is 13.7. The summed E-state index contributed by atoms with van der Waals surface area (Å²) in [5.41, 5.74) is 2.82. The van der Waals surface area contributed by atoms with Crippen LogP contribution in [0.15, 0.2) is 36.4 Å². The minimum Gasteiger partial charge on any atom is -0.389 e. The Balaban J connectivity index is 1.44. The fraction of sp³-hybridized carbons (Fsp3) is 0.522. The Morgan fingerprint density at radius 2 is 1.79 bits per heavy atom. The highest BCUT2D eigenvalue weighted by molar-refractivity contribution is 5.91. The number of carbonyl (C=O) groups excluding carboxylic acids is 1. The fourth-order valence-corrected chi connectivity index (χ4v) is 4.04. The summed E-state index contributed by atoms with van der Waals surface area (Å²) in [6.07, 6.45) is 1.08. The third kappa shape index (κ3) is 3.86. The Kier molecular flexibility index (Phi) is 4.85. The van der Waals surface area contributed by atoms with Crippen molar-refractivity contribution in [3.05, 3.63) is 53.2 Å². The molecule has 6 nitrogen and oxygen atoms in total. The van der Waals surface area contributed by atoms with Crippen molar-refractivity contribution in [2.24, 2.45) is 0 Å². The Hall–Kier alpha value is -2.47. The lowest BCUT2D eigenvalue weighted by molar-refractivity contribution is -0.124. The lowest BCUT2D eigenvalue weighted by Gasteiger charge is -2.23. The first kappa shape index (κ1) is 19.8. The zero-order valence-electron chi connectivity index (χ0n) is 17.6. The summed E-state index contributed by atoms with van der Waals surface area (Å²) in [5.74, 6) is 0.743. The first-order valence-corrected chi connectivity index (χ1v) is 10.3. The standard InChI is InChI=1S/C23H30N4O2/c1-15-5-10-20(26-25-15)27-13-18(19(28)14-27)24-21(29)23(11-12-23)17-8-6-16(7-9-17)22(2,3)4/h5-10,18-19,28H,11-14H2,1-4H3,(H,24,29)/t18-,19+/m1/s1. The van der Waals surface area contributed by atoms with E-state index in [1.165, 1.54) is 5.56 Å². The van der Waals surface area contributed by atoms with E-state index < -0.39 is 11.5 Å². The van der Waals surface area contributed by atoms with E-state index in [2.05, 4.69) is 60.6 Å². The monoisotopic (exact) mass is 394 g/mol. The Morgan fingerprint density at radius 1 is 1.10 bits per heavy atom. The van der Waals surface area contributed by atoms with Gasteiger partial charge in [0.05, 0.1) is 23.3 Å². The van der Waals surface area contributed by atoms with Crippen LogP contribution in [0.3, 0.4) is 0 Å². The van der Waals surface area contributed by atoms with Gasteiger partial charge in [0.25, 0.3) is 0 Å². The van der Waals surface area contributed by atoms with Crippen LogP contribution in [0.5, 0.6) is 0 Å². The highest BCUT2D eigenvalue weighted by atomic mass is 16.3. The molecule has 4 rings (SSSR count). The number of nitrogens with one attached hydrogen (secondary N) is 1. The first-order valence-electron chi connectivity index (χ1n) is 10.3. The van der Waals surface area contributed by atoms with Crippen molar-refractivity contribution in [2.75, 3.05) is 18.0 Å². The van der Waals surface area contributed by atoms with E-state index in [-0.39, 0.29) is 17.4 Å². The molecule has 0 bridgehead atoms. The Morgan fingerprint density at radius 3 is 2.34 bits per heavy atom. The van der Waals surface area contributed by atoms with Crippen molar-refractivity contribution in [3.63, 3.8) is 0 Å². The maximum atomic E-state index is 13.1. The number of hydrogen-bond donors (Lipinski definition) is 2. The number of aliphatic hydroxyl groups excluding tert-OH is 1. The Labute approximate surface area is 172 Å². The van der Waals surface area contributed by atoms with Crippen LogP contribution < -0.4 is 10.2 Å². The minimum absolute atomic E-state index is 0.0156. The molecular formula is C23H30N4O2. The molecule has 1 aromatic heterocycles. The van der Waals surface area contributed by atoms with Gasteiger partial charge in [-0.2, -0.15) is 5.10 Å². The molecule has 2 aliphatic rings. The van der Waals surface area contributed by atoms with E-state index in [9.17, 15) is 9.90 Å². The van der Waals surface area contributed by atoms with Crippen LogP contribution in [0.2, 0.25) is 0 Å². The molecule has 2 fully saturated rings. The van der Waals surface area contributed by atoms with Gasteiger partial charge >= 0.3 is 0 Å². The van der Waals surface area contributed by atoms with Gasteiger partial charge in [-0.3, -0.25) is 4.79 Å². The van der Waals surface area contributed by atoms with Crippen LogP contribution in [-0.4, -0.2) is 46.4 Å². The summed E-state index contributed by atoms with van der Waals surface area (Å²) in [7, 11) is 0. The SMILES string of the molecule is Cc1ccc(N2C[C@H](O)[C@H](NC(=O)C3(c4ccc(C(C)(C)C)cc4)CC3)C2)nn1. The molecule has 1 aliphatic heterocycles. The second kappa shape index (κ2) is 7.10. The average molecular weight is 395 g/mol. The minimum atomic E-state index is -0.624. The molecule has 2 heterocycles.